The van der Waals surface area contributed by atoms with Gasteiger partial charge in [0, 0.05) is 0 Å². The summed E-state index contributed by atoms with van der Waals surface area (Å²) in [5, 5.41) is 2.04. The third kappa shape index (κ3) is 2.79. The highest BCUT2D eigenvalue weighted by atomic mass is 32.2. The van der Waals surface area contributed by atoms with Gasteiger partial charge in [-0.3, -0.25) is 14.9 Å². The maximum atomic E-state index is 13.2. The molecule has 1 unspecified atom stereocenters. The SMILES string of the molecule is CCC1C(=O)NC(=O)CN1S(=O)(=O)c1ccc(F)c(F)c1. The second-order valence-electron chi connectivity index (χ2n) is 4.46. The molecule has 1 fully saturated rings. The summed E-state index contributed by atoms with van der Waals surface area (Å²) in [5.74, 6) is -4.01. The lowest BCUT2D eigenvalue weighted by Gasteiger charge is -2.32. The topological polar surface area (TPSA) is 83.6 Å². The van der Waals surface area contributed by atoms with Crippen molar-refractivity contribution in [2.24, 2.45) is 0 Å². The normalized spacial score (nSPS) is 20.4. The van der Waals surface area contributed by atoms with Gasteiger partial charge >= 0.3 is 0 Å². The Hall–Kier alpha value is -1.87. The number of carbonyl (C=O) groups is 2. The summed E-state index contributed by atoms with van der Waals surface area (Å²) in [4.78, 5) is 22.5. The van der Waals surface area contributed by atoms with Crippen LogP contribution >= 0.6 is 0 Å². The van der Waals surface area contributed by atoms with E-state index < -0.39 is 51.0 Å². The van der Waals surface area contributed by atoms with Crippen LogP contribution in [0.2, 0.25) is 0 Å². The Bertz CT molecular complexity index is 705. The number of benzene rings is 1. The van der Waals surface area contributed by atoms with Crippen LogP contribution in [-0.2, 0) is 19.6 Å². The number of rotatable bonds is 3. The molecule has 1 saturated heterocycles. The van der Waals surface area contributed by atoms with Crippen molar-refractivity contribution < 1.29 is 26.8 Å². The molecule has 6 nitrogen and oxygen atoms in total. The first-order chi connectivity index (χ1) is 9.77. The van der Waals surface area contributed by atoms with Crippen molar-refractivity contribution >= 4 is 21.8 Å². The lowest BCUT2D eigenvalue weighted by molar-refractivity contribution is -0.137. The van der Waals surface area contributed by atoms with Crippen LogP contribution < -0.4 is 5.32 Å². The largest absolute Gasteiger partial charge is 0.294 e. The molecular weight excluding hydrogens is 306 g/mol. The monoisotopic (exact) mass is 318 g/mol. The predicted molar refractivity (Wildman–Crippen MR) is 67.5 cm³/mol. The van der Waals surface area contributed by atoms with Crippen LogP contribution in [0.5, 0.6) is 0 Å². The van der Waals surface area contributed by atoms with E-state index in [9.17, 15) is 26.8 Å². The molecule has 0 spiro atoms. The van der Waals surface area contributed by atoms with Crippen molar-refractivity contribution in [3.8, 4) is 0 Å². The standard InChI is InChI=1S/C12H12F2N2O4S/c1-2-10-12(18)15-11(17)6-16(10)21(19,20)7-3-4-8(13)9(14)5-7/h3-5,10H,2,6H2,1H3,(H,15,17,18). The van der Waals surface area contributed by atoms with Gasteiger partial charge in [-0.25, -0.2) is 17.2 Å². The van der Waals surface area contributed by atoms with Crippen LogP contribution in [-0.4, -0.2) is 37.1 Å². The Kier molecular flexibility index (Phi) is 4.06. The number of nitrogens with one attached hydrogen (secondary N) is 1. The highest BCUT2D eigenvalue weighted by Crippen LogP contribution is 2.23. The molecule has 1 aromatic rings. The zero-order valence-corrected chi connectivity index (χ0v) is 11.8. The molecule has 1 heterocycles. The third-order valence-electron chi connectivity index (χ3n) is 3.10. The average molecular weight is 318 g/mol. The van der Waals surface area contributed by atoms with Crippen molar-refractivity contribution in [1.82, 2.24) is 9.62 Å². The van der Waals surface area contributed by atoms with Gasteiger partial charge in [0.2, 0.25) is 21.8 Å². The molecule has 9 heteroatoms. The zero-order chi connectivity index (χ0) is 15.8. The van der Waals surface area contributed by atoms with E-state index >= 15 is 0 Å². The number of piperazine rings is 1. The zero-order valence-electron chi connectivity index (χ0n) is 11.0. The highest BCUT2D eigenvalue weighted by molar-refractivity contribution is 7.89. The third-order valence-corrected chi connectivity index (χ3v) is 4.95. The van der Waals surface area contributed by atoms with Crippen LogP contribution in [0.25, 0.3) is 0 Å². The number of imide groups is 1. The first-order valence-corrected chi connectivity index (χ1v) is 7.52. The van der Waals surface area contributed by atoms with E-state index in [1.54, 1.807) is 6.92 Å². The molecule has 1 N–H and O–H groups in total. The average Bonchev–Trinajstić information content (AvgIpc) is 2.41. The van der Waals surface area contributed by atoms with Crippen LogP contribution in [0.3, 0.4) is 0 Å². The molecule has 1 atom stereocenters. The molecule has 0 radical (unpaired) electrons. The van der Waals surface area contributed by atoms with E-state index in [1.807, 2.05) is 5.32 Å². The fraction of sp³-hybridized carbons (Fsp3) is 0.333. The molecule has 1 aliphatic heterocycles. The smallest absolute Gasteiger partial charge is 0.245 e. The number of sulfonamides is 1. The maximum absolute atomic E-state index is 13.2. The van der Waals surface area contributed by atoms with Gasteiger partial charge in [-0.05, 0) is 24.6 Å². The first kappa shape index (κ1) is 15.5. The second kappa shape index (κ2) is 5.49. The van der Waals surface area contributed by atoms with Crippen LogP contribution in [0, 0.1) is 11.6 Å². The number of hydrogen-bond donors (Lipinski definition) is 1. The maximum Gasteiger partial charge on any atom is 0.245 e. The Morgan fingerprint density at radius 3 is 2.52 bits per heavy atom. The molecule has 2 amide bonds. The van der Waals surface area contributed by atoms with Gasteiger partial charge < -0.3 is 0 Å². The van der Waals surface area contributed by atoms with Gasteiger partial charge in [-0.15, -0.1) is 0 Å². The van der Waals surface area contributed by atoms with Crippen molar-refractivity contribution in [2.45, 2.75) is 24.3 Å². The number of halogens is 2. The van der Waals surface area contributed by atoms with Gasteiger partial charge in [-0.1, -0.05) is 6.92 Å². The van der Waals surface area contributed by atoms with E-state index in [2.05, 4.69) is 0 Å². The van der Waals surface area contributed by atoms with Crippen molar-refractivity contribution in [3.05, 3.63) is 29.8 Å². The van der Waals surface area contributed by atoms with Gasteiger partial charge in [0.25, 0.3) is 0 Å². The van der Waals surface area contributed by atoms with Gasteiger partial charge in [-0.2, -0.15) is 4.31 Å². The lowest BCUT2D eigenvalue weighted by Crippen LogP contribution is -2.59. The molecule has 0 aliphatic carbocycles. The summed E-state index contributed by atoms with van der Waals surface area (Å²) in [7, 11) is -4.28. The van der Waals surface area contributed by atoms with Crippen molar-refractivity contribution in [3.63, 3.8) is 0 Å². The van der Waals surface area contributed by atoms with Gasteiger partial charge in [0.15, 0.2) is 11.6 Å². The van der Waals surface area contributed by atoms with E-state index in [0.29, 0.717) is 16.4 Å². The molecule has 1 aromatic carbocycles. The summed E-state index contributed by atoms with van der Waals surface area (Å²) >= 11 is 0. The molecule has 0 bridgehead atoms. The minimum atomic E-state index is -4.28. The summed E-state index contributed by atoms with van der Waals surface area (Å²) in [6.07, 6.45) is 0.141. The Morgan fingerprint density at radius 1 is 1.29 bits per heavy atom. The van der Waals surface area contributed by atoms with Crippen LogP contribution in [0.1, 0.15) is 13.3 Å². The predicted octanol–water partition coefficient (Wildman–Crippen LogP) is 0.390. The molecule has 1 aliphatic rings. The highest BCUT2D eigenvalue weighted by Gasteiger charge is 2.40. The van der Waals surface area contributed by atoms with Gasteiger partial charge in [0.1, 0.15) is 6.04 Å². The lowest BCUT2D eigenvalue weighted by atomic mass is 10.2. The van der Waals surface area contributed by atoms with Crippen LogP contribution in [0.4, 0.5) is 8.78 Å². The Labute approximate surface area is 119 Å². The van der Waals surface area contributed by atoms with Gasteiger partial charge in [0.05, 0.1) is 11.4 Å². The summed E-state index contributed by atoms with van der Waals surface area (Å²) in [5.41, 5.74) is 0. The molecule has 114 valence electrons. The fourth-order valence-corrected chi connectivity index (χ4v) is 3.69. The fourth-order valence-electron chi connectivity index (χ4n) is 2.06. The van der Waals surface area contributed by atoms with Crippen molar-refractivity contribution in [1.29, 1.82) is 0 Å². The van der Waals surface area contributed by atoms with E-state index in [4.69, 9.17) is 0 Å². The number of amides is 2. The Morgan fingerprint density at radius 2 is 1.95 bits per heavy atom. The Balaban J connectivity index is 2.47. The summed E-state index contributed by atoms with van der Waals surface area (Å²) in [6.45, 7) is 1.03. The van der Waals surface area contributed by atoms with E-state index in [0.717, 1.165) is 6.07 Å². The number of hydrogen-bond acceptors (Lipinski definition) is 4. The number of nitrogens with zero attached hydrogens (tertiary/aromatic N) is 1. The van der Waals surface area contributed by atoms with Crippen molar-refractivity contribution in [2.75, 3.05) is 6.54 Å². The molecule has 2 rings (SSSR count). The van der Waals surface area contributed by atoms with Crippen LogP contribution in [0.15, 0.2) is 23.1 Å². The molecular formula is C12H12F2N2O4S. The minimum absolute atomic E-state index is 0.141. The molecule has 0 aromatic heterocycles. The van der Waals surface area contributed by atoms with E-state index in [1.165, 1.54) is 0 Å². The number of carbonyl (C=O) groups excluding carboxylic acids is 2. The first-order valence-electron chi connectivity index (χ1n) is 6.08. The molecule has 21 heavy (non-hydrogen) atoms. The second-order valence-corrected chi connectivity index (χ2v) is 6.35. The quantitative estimate of drug-likeness (QED) is 0.817. The minimum Gasteiger partial charge on any atom is -0.294 e. The summed E-state index contributed by atoms with van der Waals surface area (Å²) < 4.78 is 51.6. The van der Waals surface area contributed by atoms with E-state index in [-0.39, 0.29) is 6.42 Å². The summed E-state index contributed by atoms with van der Waals surface area (Å²) in [6, 6.07) is 1.02. The molecule has 0 saturated carbocycles.